The molecule has 126 valence electrons. The zero-order valence-corrected chi connectivity index (χ0v) is 14.2. The third kappa shape index (κ3) is 3.55. The molecule has 1 saturated heterocycles. The highest BCUT2D eigenvalue weighted by Crippen LogP contribution is 2.20. The number of para-hydroxylation sites is 1. The van der Waals surface area contributed by atoms with E-state index in [1.54, 1.807) is 4.90 Å². The minimum atomic E-state index is -0.232. The van der Waals surface area contributed by atoms with Crippen molar-refractivity contribution in [3.8, 4) is 0 Å². The lowest BCUT2D eigenvalue weighted by atomic mass is 10.1. The number of benzene rings is 1. The molecule has 1 aromatic carbocycles. The molecule has 1 fully saturated rings. The first-order valence-electron chi connectivity index (χ1n) is 8.46. The molecule has 2 amide bonds. The van der Waals surface area contributed by atoms with Crippen LogP contribution in [-0.2, 0) is 16.0 Å². The van der Waals surface area contributed by atoms with E-state index >= 15 is 0 Å². The van der Waals surface area contributed by atoms with Crippen molar-refractivity contribution in [1.82, 2.24) is 15.2 Å². The lowest BCUT2D eigenvalue weighted by Crippen LogP contribution is -2.36. The van der Waals surface area contributed by atoms with E-state index in [1.807, 2.05) is 44.2 Å². The third-order valence-electron chi connectivity index (χ3n) is 4.49. The molecule has 1 aliphatic rings. The van der Waals surface area contributed by atoms with Gasteiger partial charge in [-0.15, -0.1) is 0 Å². The number of carbonyl (C=O) groups excluding carboxylic acids is 2. The van der Waals surface area contributed by atoms with Crippen molar-refractivity contribution >= 4 is 22.7 Å². The highest BCUT2D eigenvalue weighted by Gasteiger charge is 2.35. The molecule has 1 aliphatic heterocycles. The molecule has 1 atom stereocenters. The average molecular weight is 325 g/mol. The van der Waals surface area contributed by atoms with E-state index in [4.69, 9.17) is 0 Å². The quantitative estimate of drug-likeness (QED) is 0.916. The number of pyridine rings is 1. The number of rotatable bonds is 5. The summed E-state index contributed by atoms with van der Waals surface area (Å²) >= 11 is 0. The van der Waals surface area contributed by atoms with Gasteiger partial charge in [-0.3, -0.25) is 14.6 Å². The van der Waals surface area contributed by atoms with E-state index in [0.29, 0.717) is 25.9 Å². The molecule has 3 rings (SSSR count). The summed E-state index contributed by atoms with van der Waals surface area (Å²) in [7, 11) is 0. The number of hydrogen-bond acceptors (Lipinski definition) is 3. The molecule has 1 N–H and O–H groups in total. The molecular weight excluding hydrogens is 302 g/mol. The van der Waals surface area contributed by atoms with Gasteiger partial charge in [0.1, 0.15) is 0 Å². The Kier molecular flexibility index (Phi) is 4.79. The summed E-state index contributed by atoms with van der Waals surface area (Å²) in [4.78, 5) is 30.5. The summed E-state index contributed by atoms with van der Waals surface area (Å²) in [6, 6.07) is 12.2. The predicted molar refractivity (Wildman–Crippen MR) is 93.4 cm³/mol. The van der Waals surface area contributed by atoms with Crippen molar-refractivity contribution in [2.75, 3.05) is 13.1 Å². The van der Waals surface area contributed by atoms with Gasteiger partial charge in [0.2, 0.25) is 11.8 Å². The van der Waals surface area contributed by atoms with Gasteiger partial charge in [-0.25, -0.2) is 0 Å². The summed E-state index contributed by atoms with van der Waals surface area (Å²) in [5.74, 6) is -0.196. The first-order chi connectivity index (χ1) is 11.5. The lowest BCUT2D eigenvalue weighted by Gasteiger charge is -2.20. The monoisotopic (exact) mass is 325 g/mol. The molecule has 1 aromatic heterocycles. The van der Waals surface area contributed by atoms with Crippen molar-refractivity contribution in [2.24, 2.45) is 5.92 Å². The maximum Gasteiger partial charge on any atom is 0.225 e. The largest absolute Gasteiger partial charge is 0.355 e. The standard InChI is InChI=1S/C19H23N3O2/c1-13(2)22-12-15(11-18(22)23)19(24)20-10-9-16-8-7-14-5-3-4-6-17(14)21-16/h3-8,13,15H,9-12H2,1-2H3,(H,20,24). The number of likely N-dealkylation sites (tertiary alicyclic amines) is 1. The second-order valence-electron chi connectivity index (χ2n) is 6.58. The minimum absolute atomic E-state index is 0.0349. The Balaban J connectivity index is 1.52. The number of aromatic nitrogens is 1. The van der Waals surface area contributed by atoms with Crippen LogP contribution in [0.4, 0.5) is 0 Å². The zero-order valence-electron chi connectivity index (χ0n) is 14.2. The number of nitrogens with zero attached hydrogens (tertiary/aromatic N) is 2. The molecule has 1 unspecified atom stereocenters. The zero-order chi connectivity index (χ0) is 17.1. The fraction of sp³-hybridized carbons (Fsp3) is 0.421. The van der Waals surface area contributed by atoms with Crippen LogP contribution in [0.1, 0.15) is 26.0 Å². The SMILES string of the molecule is CC(C)N1CC(C(=O)NCCc2ccc3ccccc3n2)CC1=O. The fourth-order valence-corrected chi connectivity index (χ4v) is 3.11. The van der Waals surface area contributed by atoms with E-state index in [-0.39, 0.29) is 23.8 Å². The van der Waals surface area contributed by atoms with Gasteiger partial charge in [-0.2, -0.15) is 0 Å². The molecule has 2 aromatic rings. The summed E-state index contributed by atoms with van der Waals surface area (Å²) in [6.07, 6.45) is 1.00. The van der Waals surface area contributed by atoms with Crippen molar-refractivity contribution in [3.63, 3.8) is 0 Å². The smallest absolute Gasteiger partial charge is 0.225 e. The number of fused-ring (bicyclic) bond motifs is 1. The maximum atomic E-state index is 12.3. The Labute approximate surface area is 142 Å². The fourth-order valence-electron chi connectivity index (χ4n) is 3.11. The van der Waals surface area contributed by atoms with E-state index in [0.717, 1.165) is 16.6 Å². The van der Waals surface area contributed by atoms with Crippen LogP contribution < -0.4 is 5.32 Å². The molecule has 0 radical (unpaired) electrons. The second kappa shape index (κ2) is 6.99. The summed E-state index contributed by atoms with van der Waals surface area (Å²) in [5.41, 5.74) is 1.93. The average Bonchev–Trinajstić information content (AvgIpc) is 2.97. The Morgan fingerprint density at radius 3 is 2.83 bits per heavy atom. The molecule has 24 heavy (non-hydrogen) atoms. The van der Waals surface area contributed by atoms with Crippen molar-refractivity contribution < 1.29 is 9.59 Å². The van der Waals surface area contributed by atoms with Crippen LogP contribution in [0.2, 0.25) is 0 Å². The maximum absolute atomic E-state index is 12.3. The van der Waals surface area contributed by atoms with Crippen LogP contribution in [-0.4, -0.2) is 40.8 Å². The normalized spacial score (nSPS) is 17.7. The van der Waals surface area contributed by atoms with Crippen LogP contribution >= 0.6 is 0 Å². The molecular formula is C19H23N3O2. The summed E-state index contributed by atoms with van der Waals surface area (Å²) in [5, 5.41) is 4.06. The number of amides is 2. The highest BCUT2D eigenvalue weighted by molar-refractivity contribution is 5.89. The summed E-state index contributed by atoms with van der Waals surface area (Å²) in [6.45, 7) is 5.01. The highest BCUT2D eigenvalue weighted by atomic mass is 16.2. The Morgan fingerprint density at radius 2 is 2.08 bits per heavy atom. The van der Waals surface area contributed by atoms with Crippen molar-refractivity contribution in [2.45, 2.75) is 32.7 Å². The van der Waals surface area contributed by atoms with Crippen molar-refractivity contribution in [1.29, 1.82) is 0 Å². The first-order valence-corrected chi connectivity index (χ1v) is 8.46. The predicted octanol–water partition coefficient (Wildman–Crippen LogP) is 2.15. The van der Waals surface area contributed by atoms with Crippen LogP contribution in [0.15, 0.2) is 36.4 Å². The second-order valence-corrected chi connectivity index (χ2v) is 6.58. The molecule has 0 bridgehead atoms. The van der Waals surface area contributed by atoms with E-state index in [2.05, 4.69) is 16.4 Å². The molecule has 0 aliphatic carbocycles. The van der Waals surface area contributed by atoms with E-state index in [9.17, 15) is 9.59 Å². The Morgan fingerprint density at radius 1 is 1.29 bits per heavy atom. The van der Waals surface area contributed by atoms with Gasteiger partial charge in [0.05, 0.1) is 11.4 Å². The minimum Gasteiger partial charge on any atom is -0.355 e. The van der Waals surface area contributed by atoms with E-state index in [1.165, 1.54) is 0 Å². The van der Waals surface area contributed by atoms with Gasteiger partial charge in [-0.05, 0) is 26.0 Å². The van der Waals surface area contributed by atoms with Gasteiger partial charge in [0, 0.05) is 43.1 Å². The number of carbonyl (C=O) groups is 2. The van der Waals surface area contributed by atoms with Gasteiger partial charge in [-0.1, -0.05) is 24.3 Å². The van der Waals surface area contributed by atoms with Gasteiger partial charge in [0.15, 0.2) is 0 Å². The number of hydrogen-bond donors (Lipinski definition) is 1. The molecule has 5 nitrogen and oxygen atoms in total. The molecule has 5 heteroatoms. The van der Waals surface area contributed by atoms with Gasteiger partial charge < -0.3 is 10.2 Å². The van der Waals surface area contributed by atoms with Crippen LogP contribution in [0.25, 0.3) is 10.9 Å². The van der Waals surface area contributed by atoms with Crippen molar-refractivity contribution in [3.05, 3.63) is 42.1 Å². The van der Waals surface area contributed by atoms with E-state index < -0.39 is 0 Å². The Hall–Kier alpha value is -2.43. The summed E-state index contributed by atoms with van der Waals surface area (Å²) < 4.78 is 0. The van der Waals surface area contributed by atoms with Gasteiger partial charge >= 0.3 is 0 Å². The molecule has 0 spiro atoms. The third-order valence-corrected chi connectivity index (χ3v) is 4.49. The van der Waals surface area contributed by atoms with Crippen LogP contribution in [0.3, 0.4) is 0 Å². The van der Waals surface area contributed by atoms with Crippen LogP contribution in [0, 0.1) is 5.92 Å². The molecule has 2 heterocycles. The lowest BCUT2D eigenvalue weighted by molar-refractivity contribution is -0.129. The first kappa shape index (κ1) is 16.4. The number of nitrogens with one attached hydrogen (secondary N) is 1. The Bertz CT molecular complexity index is 757. The topological polar surface area (TPSA) is 62.3 Å². The molecule has 0 saturated carbocycles. The van der Waals surface area contributed by atoms with Gasteiger partial charge in [0.25, 0.3) is 0 Å². The van der Waals surface area contributed by atoms with Crippen LogP contribution in [0.5, 0.6) is 0 Å².